The Balaban J connectivity index is 1.55. The fourth-order valence-electron chi connectivity index (χ4n) is 5.88. The molecule has 0 saturated carbocycles. The molecule has 0 spiro atoms. The topological polar surface area (TPSA) is 140 Å². The predicted octanol–water partition coefficient (Wildman–Crippen LogP) is 5.79. The van der Waals surface area contributed by atoms with Crippen LogP contribution >= 0.6 is 0 Å². The molecule has 1 unspecified atom stereocenters. The maximum Gasteiger partial charge on any atom is 0.308 e. The number of rotatable bonds is 14. The highest BCUT2D eigenvalue weighted by atomic mass is 16.5. The van der Waals surface area contributed by atoms with Crippen molar-refractivity contribution in [3.05, 3.63) is 94.9 Å². The first-order valence-electron chi connectivity index (χ1n) is 16.7. The highest BCUT2D eigenvalue weighted by Crippen LogP contribution is 2.39. The summed E-state index contributed by atoms with van der Waals surface area (Å²) in [7, 11) is 0. The van der Waals surface area contributed by atoms with Gasteiger partial charge in [0.1, 0.15) is 18.1 Å². The number of aromatic hydroxyl groups is 1. The maximum atomic E-state index is 14.4. The van der Waals surface area contributed by atoms with E-state index in [9.17, 15) is 24.3 Å². The van der Waals surface area contributed by atoms with Gasteiger partial charge in [0.2, 0.25) is 11.8 Å². The van der Waals surface area contributed by atoms with Crippen molar-refractivity contribution in [2.45, 2.75) is 59.0 Å². The van der Waals surface area contributed by atoms with E-state index in [1.165, 1.54) is 23.8 Å². The number of hydrogen-bond donors (Lipinski definition) is 2. The molecule has 1 atom stereocenters. The van der Waals surface area contributed by atoms with Gasteiger partial charge in [0.15, 0.2) is 11.5 Å². The smallest absolute Gasteiger partial charge is 0.308 e. The van der Waals surface area contributed by atoms with Gasteiger partial charge < -0.3 is 24.8 Å². The molecular formula is C38H42N4O7. The molecule has 4 aromatic rings. The average Bonchev–Trinajstić information content (AvgIpc) is 3.65. The molecule has 11 nitrogen and oxygen atoms in total. The summed E-state index contributed by atoms with van der Waals surface area (Å²) in [4.78, 5) is 59.7. The van der Waals surface area contributed by atoms with Crippen LogP contribution in [-0.2, 0) is 32.2 Å². The molecule has 1 fully saturated rings. The van der Waals surface area contributed by atoms with Crippen LogP contribution < -0.4 is 15.6 Å². The lowest BCUT2D eigenvalue weighted by molar-refractivity contribution is -0.132. The van der Waals surface area contributed by atoms with E-state index in [2.05, 4.69) is 17.2 Å². The number of aromatic nitrogens is 2. The number of phenolic OH excluding ortho intramolecular Hbond substituents is 1. The molecule has 2 amide bonds. The number of nitrogens with one attached hydrogen (secondary N) is 1. The normalized spacial score (nSPS) is 14.0. The second-order valence-corrected chi connectivity index (χ2v) is 12.1. The molecule has 1 aliphatic rings. The molecule has 2 N–H and O–H groups in total. The number of benzene rings is 3. The van der Waals surface area contributed by atoms with Gasteiger partial charge in [-0.05, 0) is 30.0 Å². The minimum absolute atomic E-state index is 0.00679. The van der Waals surface area contributed by atoms with E-state index in [4.69, 9.17) is 9.47 Å². The first kappa shape index (κ1) is 35.0. The van der Waals surface area contributed by atoms with Crippen LogP contribution in [0.2, 0.25) is 0 Å². The van der Waals surface area contributed by atoms with E-state index >= 15 is 0 Å². The zero-order valence-electron chi connectivity index (χ0n) is 27.9. The minimum Gasteiger partial charge on any atom is -0.504 e. The molecule has 256 valence electrons. The molecule has 11 heteroatoms. The van der Waals surface area contributed by atoms with Gasteiger partial charge in [-0.25, -0.2) is 4.98 Å². The fourth-order valence-corrected chi connectivity index (χ4v) is 5.88. The highest BCUT2D eigenvalue weighted by molar-refractivity contribution is 5.92. The van der Waals surface area contributed by atoms with Crippen LogP contribution in [0.1, 0.15) is 51.5 Å². The SMILES string of the molecule is CCCCCCN(Cc1c(-c2ccccc2)ccc(O)c1OC(C)=O)C(=O)Cn1c(-c2ccccc2)ncc(NC(=O)C2CCOC2)c1=O. The summed E-state index contributed by atoms with van der Waals surface area (Å²) in [6, 6.07) is 21.7. The van der Waals surface area contributed by atoms with E-state index in [1.807, 2.05) is 48.5 Å². The Hall–Kier alpha value is -5.29. The van der Waals surface area contributed by atoms with E-state index < -0.39 is 11.5 Å². The molecule has 3 aromatic carbocycles. The van der Waals surface area contributed by atoms with Gasteiger partial charge in [0, 0.05) is 31.2 Å². The van der Waals surface area contributed by atoms with E-state index in [0.29, 0.717) is 42.7 Å². The number of esters is 1. The molecule has 2 heterocycles. The van der Waals surface area contributed by atoms with Crippen LogP contribution in [0.3, 0.4) is 0 Å². The highest BCUT2D eigenvalue weighted by Gasteiger charge is 2.27. The number of carbonyl (C=O) groups excluding carboxylic acids is 3. The van der Waals surface area contributed by atoms with Crippen molar-refractivity contribution < 1.29 is 29.0 Å². The number of hydrogen-bond acceptors (Lipinski definition) is 8. The average molecular weight is 667 g/mol. The Morgan fingerprint density at radius 3 is 2.37 bits per heavy atom. The Bertz CT molecular complexity index is 1820. The minimum atomic E-state index is -0.615. The van der Waals surface area contributed by atoms with Crippen molar-refractivity contribution in [3.63, 3.8) is 0 Å². The summed E-state index contributed by atoms with van der Waals surface area (Å²) in [5, 5.41) is 13.6. The Kier molecular flexibility index (Phi) is 11.9. The van der Waals surface area contributed by atoms with Crippen molar-refractivity contribution in [2.75, 3.05) is 25.1 Å². The van der Waals surface area contributed by atoms with Crippen LogP contribution in [0, 0.1) is 5.92 Å². The van der Waals surface area contributed by atoms with Gasteiger partial charge in [0.05, 0.1) is 25.3 Å². The number of carbonyl (C=O) groups is 3. The summed E-state index contributed by atoms with van der Waals surface area (Å²) < 4.78 is 12.2. The molecule has 1 aliphatic heterocycles. The first-order valence-corrected chi connectivity index (χ1v) is 16.7. The monoisotopic (exact) mass is 666 g/mol. The van der Waals surface area contributed by atoms with E-state index in [-0.39, 0.29) is 60.4 Å². The first-order chi connectivity index (χ1) is 23.8. The van der Waals surface area contributed by atoms with Crippen LogP contribution in [-0.4, -0.2) is 57.1 Å². The second kappa shape index (κ2) is 16.7. The van der Waals surface area contributed by atoms with Crippen molar-refractivity contribution in [2.24, 2.45) is 5.92 Å². The number of nitrogens with zero attached hydrogens (tertiary/aromatic N) is 3. The molecule has 0 aliphatic carbocycles. The summed E-state index contributed by atoms with van der Waals surface area (Å²) in [6.07, 6.45) is 5.44. The lowest BCUT2D eigenvalue weighted by atomic mass is 9.97. The largest absolute Gasteiger partial charge is 0.504 e. The van der Waals surface area contributed by atoms with Gasteiger partial charge in [-0.15, -0.1) is 0 Å². The fraction of sp³-hybridized carbons (Fsp3) is 0.342. The lowest BCUT2D eigenvalue weighted by Crippen LogP contribution is -2.39. The Labute approximate surface area is 285 Å². The summed E-state index contributed by atoms with van der Waals surface area (Å²) >= 11 is 0. The summed E-state index contributed by atoms with van der Waals surface area (Å²) in [5.74, 6) is -1.70. The molecular weight excluding hydrogens is 624 g/mol. The number of anilines is 1. The third kappa shape index (κ3) is 8.80. The number of amides is 2. The Morgan fingerprint density at radius 2 is 1.71 bits per heavy atom. The number of ether oxygens (including phenoxy) is 2. The zero-order valence-corrected chi connectivity index (χ0v) is 27.9. The summed E-state index contributed by atoms with van der Waals surface area (Å²) in [6.45, 7) is 4.07. The molecule has 1 aromatic heterocycles. The molecule has 0 radical (unpaired) electrons. The van der Waals surface area contributed by atoms with Crippen molar-refractivity contribution in [3.8, 4) is 34.0 Å². The quantitative estimate of drug-likeness (QED) is 0.0979. The van der Waals surface area contributed by atoms with Crippen LogP contribution in [0.5, 0.6) is 11.5 Å². The van der Waals surface area contributed by atoms with E-state index in [0.717, 1.165) is 24.8 Å². The van der Waals surface area contributed by atoms with Gasteiger partial charge in [-0.2, -0.15) is 0 Å². The third-order valence-corrected chi connectivity index (χ3v) is 8.48. The van der Waals surface area contributed by atoms with Crippen LogP contribution in [0.15, 0.2) is 83.8 Å². The van der Waals surface area contributed by atoms with Gasteiger partial charge >= 0.3 is 5.97 Å². The Morgan fingerprint density at radius 1 is 1.00 bits per heavy atom. The maximum absolute atomic E-state index is 14.4. The molecule has 5 rings (SSSR count). The van der Waals surface area contributed by atoms with Crippen molar-refractivity contribution in [1.29, 1.82) is 0 Å². The lowest BCUT2D eigenvalue weighted by Gasteiger charge is -2.27. The van der Waals surface area contributed by atoms with Crippen molar-refractivity contribution >= 4 is 23.5 Å². The second-order valence-electron chi connectivity index (χ2n) is 12.1. The predicted molar refractivity (Wildman–Crippen MR) is 186 cm³/mol. The van der Waals surface area contributed by atoms with Crippen LogP contribution in [0.4, 0.5) is 5.69 Å². The number of unbranched alkanes of at least 4 members (excludes halogenated alkanes) is 3. The number of phenols is 1. The standard InChI is InChI=1S/C38H42N4O7/c1-3-4-5-12-20-41(23-31-30(27-13-8-6-9-14-27)17-18-33(44)35(31)49-26(2)43)34(45)24-42-36(28-15-10-7-11-16-28)39-22-32(38(42)47)40-37(46)29-19-21-48-25-29/h6-11,13-18,22,29,44H,3-5,12,19-21,23-25H2,1-2H3,(H,40,46). The third-order valence-electron chi connectivity index (χ3n) is 8.48. The molecule has 1 saturated heterocycles. The summed E-state index contributed by atoms with van der Waals surface area (Å²) in [5.41, 5.74) is 1.98. The molecule has 49 heavy (non-hydrogen) atoms. The van der Waals surface area contributed by atoms with Gasteiger partial charge in [-0.3, -0.25) is 23.7 Å². The van der Waals surface area contributed by atoms with Crippen LogP contribution in [0.25, 0.3) is 22.5 Å². The zero-order chi connectivity index (χ0) is 34.8. The van der Waals surface area contributed by atoms with E-state index in [1.54, 1.807) is 23.1 Å². The van der Waals surface area contributed by atoms with Crippen molar-refractivity contribution in [1.82, 2.24) is 14.5 Å². The van der Waals surface area contributed by atoms with Gasteiger partial charge in [0.25, 0.3) is 5.56 Å². The molecule has 0 bridgehead atoms. The van der Waals surface area contributed by atoms with Gasteiger partial charge in [-0.1, -0.05) is 92.9 Å².